The third-order valence-electron chi connectivity index (χ3n) is 4.10. The number of hydrogen-bond donors (Lipinski definition) is 0. The summed E-state index contributed by atoms with van der Waals surface area (Å²) in [6.07, 6.45) is 8.95. The van der Waals surface area contributed by atoms with Gasteiger partial charge in [0.1, 0.15) is 5.78 Å². The van der Waals surface area contributed by atoms with Crippen LogP contribution in [0.1, 0.15) is 51.4 Å². The minimum absolute atomic E-state index is 0.111. The van der Waals surface area contributed by atoms with Gasteiger partial charge in [-0.25, -0.2) is 0 Å². The highest BCUT2D eigenvalue weighted by molar-refractivity contribution is 14.1. The molecule has 0 heterocycles. The van der Waals surface area contributed by atoms with Gasteiger partial charge in [0.05, 0.1) is 5.41 Å². The van der Waals surface area contributed by atoms with Crippen molar-refractivity contribution in [2.75, 3.05) is 0 Å². The molecule has 2 atom stereocenters. The Morgan fingerprint density at radius 3 is 2.60 bits per heavy atom. The van der Waals surface area contributed by atoms with E-state index >= 15 is 0 Å². The lowest BCUT2D eigenvalue weighted by Crippen LogP contribution is -2.37. The lowest BCUT2D eigenvalue weighted by atomic mass is 9.66. The largest absolute Gasteiger partial charge is 0.299 e. The Bertz CT molecular complexity index is 284. The summed E-state index contributed by atoms with van der Waals surface area (Å²) in [4.78, 5) is 12.2. The first-order valence-corrected chi connectivity index (χ1v) is 7.28. The van der Waals surface area contributed by atoms with Crippen molar-refractivity contribution in [2.24, 2.45) is 5.41 Å². The SMILES string of the molecule is C=C1C(I)CCCCC12CCCCC2=O. The van der Waals surface area contributed by atoms with Crippen molar-refractivity contribution >= 4 is 28.4 Å². The topological polar surface area (TPSA) is 17.1 Å². The van der Waals surface area contributed by atoms with Crippen LogP contribution in [0.25, 0.3) is 0 Å². The van der Waals surface area contributed by atoms with Crippen molar-refractivity contribution in [1.29, 1.82) is 0 Å². The van der Waals surface area contributed by atoms with E-state index in [2.05, 4.69) is 29.2 Å². The van der Waals surface area contributed by atoms with Crippen molar-refractivity contribution in [1.82, 2.24) is 0 Å². The van der Waals surface area contributed by atoms with Gasteiger partial charge in [-0.1, -0.05) is 54.0 Å². The van der Waals surface area contributed by atoms with E-state index in [1.165, 1.54) is 31.3 Å². The second-order valence-electron chi connectivity index (χ2n) is 4.95. The smallest absolute Gasteiger partial charge is 0.143 e. The maximum atomic E-state index is 12.2. The van der Waals surface area contributed by atoms with E-state index in [1.807, 2.05) is 0 Å². The Balaban J connectivity index is 2.29. The average molecular weight is 318 g/mol. The minimum Gasteiger partial charge on any atom is -0.299 e. The second-order valence-corrected chi connectivity index (χ2v) is 6.45. The number of alkyl halides is 1. The van der Waals surface area contributed by atoms with Crippen LogP contribution >= 0.6 is 22.6 Å². The molecule has 0 aromatic carbocycles. The molecule has 2 heteroatoms. The van der Waals surface area contributed by atoms with Gasteiger partial charge in [0, 0.05) is 10.3 Å². The predicted molar refractivity (Wildman–Crippen MR) is 71.3 cm³/mol. The van der Waals surface area contributed by atoms with Gasteiger partial charge >= 0.3 is 0 Å². The summed E-state index contributed by atoms with van der Waals surface area (Å²) in [6, 6.07) is 0. The molecule has 0 N–H and O–H groups in total. The van der Waals surface area contributed by atoms with Crippen LogP contribution in [0.4, 0.5) is 0 Å². The fourth-order valence-electron chi connectivity index (χ4n) is 3.08. The second kappa shape index (κ2) is 4.56. The van der Waals surface area contributed by atoms with Crippen LogP contribution in [0.5, 0.6) is 0 Å². The molecule has 2 aliphatic rings. The van der Waals surface area contributed by atoms with Crippen molar-refractivity contribution in [3.8, 4) is 0 Å². The number of allylic oxidation sites excluding steroid dienone is 1. The first kappa shape index (κ1) is 11.6. The van der Waals surface area contributed by atoms with E-state index in [0.717, 1.165) is 25.7 Å². The maximum Gasteiger partial charge on any atom is 0.143 e. The molecule has 0 radical (unpaired) electrons. The molecule has 2 fully saturated rings. The predicted octanol–water partition coefficient (Wildman–Crippen LogP) is 4.05. The Morgan fingerprint density at radius 2 is 1.87 bits per heavy atom. The monoisotopic (exact) mass is 318 g/mol. The van der Waals surface area contributed by atoms with Gasteiger partial charge in [-0.3, -0.25) is 4.79 Å². The number of ketones is 1. The highest BCUT2D eigenvalue weighted by Crippen LogP contribution is 2.48. The molecule has 2 aliphatic carbocycles. The van der Waals surface area contributed by atoms with E-state index < -0.39 is 0 Å². The van der Waals surface area contributed by atoms with Crippen LogP contribution in [0.2, 0.25) is 0 Å². The summed E-state index contributed by atoms with van der Waals surface area (Å²) in [5.41, 5.74) is 1.13. The Kier molecular flexibility index (Phi) is 3.53. The standard InChI is InChI=1S/C13H19IO/c1-10-11(14)6-2-4-8-13(10)9-5-3-7-12(13)15/h11H,1-9H2. The molecular formula is C13H19IO. The highest BCUT2D eigenvalue weighted by Gasteiger charge is 2.44. The number of carbonyl (C=O) groups is 1. The Hall–Kier alpha value is 0.140. The number of carbonyl (C=O) groups excluding carboxylic acids is 1. The van der Waals surface area contributed by atoms with Crippen molar-refractivity contribution < 1.29 is 4.79 Å². The van der Waals surface area contributed by atoms with E-state index in [-0.39, 0.29) is 5.41 Å². The lowest BCUT2D eigenvalue weighted by molar-refractivity contribution is -0.129. The average Bonchev–Trinajstić information content (AvgIpc) is 2.37. The van der Waals surface area contributed by atoms with Gasteiger partial charge in [-0.05, 0) is 25.7 Å². The maximum absolute atomic E-state index is 12.2. The molecule has 0 saturated heterocycles. The number of Topliss-reactive ketones (excluding diaryl/α,β-unsaturated/α-hetero) is 1. The van der Waals surface area contributed by atoms with Gasteiger partial charge in [0.15, 0.2) is 0 Å². The fraction of sp³-hybridized carbons (Fsp3) is 0.769. The van der Waals surface area contributed by atoms with Crippen LogP contribution in [-0.2, 0) is 4.79 Å². The number of rotatable bonds is 0. The molecule has 0 bridgehead atoms. The van der Waals surface area contributed by atoms with Crippen LogP contribution in [0.15, 0.2) is 12.2 Å². The molecule has 15 heavy (non-hydrogen) atoms. The van der Waals surface area contributed by atoms with Gasteiger partial charge in [-0.15, -0.1) is 0 Å². The molecule has 1 spiro atoms. The Labute approximate surface area is 106 Å². The third kappa shape index (κ3) is 2.02. The molecule has 0 aromatic heterocycles. The first-order chi connectivity index (χ1) is 7.17. The number of halogens is 1. The molecule has 0 amide bonds. The van der Waals surface area contributed by atoms with Crippen LogP contribution in [-0.4, -0.2) is 9.71 Å². The van der Waals surface area contributed by atoms with Gasteiger partial charge in [0.2, 0.25) is 0 Å². The van der Waals surface area contributed by atoms with Gasteiger partial charge < -0.3 is 0 Å². The highest BCUT2D eigenvalue weighted by atomic mass is 127. The minimum atomic E-state index is -0.111. The first-order valence-electron chi connectivity index (χ1n) is 6.03. The van der Waals surface area contributed by atoms with Gasteiger partial charge in [0.25, 0.3) is 0 Å². The summed E-state index contributed by atoms with van der Waals surface area (Å²) >= 11 is 2.48. The summed E-state index contributed by atoms with van der Waals surface area (Å²) in [7, 11) is 0. The van der Waals surface area contributed by atoms with E-state index in [9.17, 15) is 4.79 Å². The lowest BCUT2D eigenvalue weighted by Gasteiger charge is -2.38. The molecule has 2 rings (SSSR count). The third-order valence-corrected chi connectivity index (χ3v) is 5.47. The fourth-order valence-corrected chi connectivity index (χ4v) is 4.12. The summed E-state index contributed by atoms with van der Waals surface area (Å²) in [5.74, 6) is 0.488. The molecule has 1 nitrogen and oxygen atoms in total. The van der Waals surface area contributed by atoms with Crippen LogP contribution in [0.3, 0.4) is 0 Å². The van der Waals surface area contributed by atoms with Gasteiger partial charge in [-0.2, -0.15) is 0 Å². The molecule has 84 valence electrons. The molecule has 0 aromatic rings. The van der Waals surface area contributed by atoms with Crippen LogP contribution < -0.4 is 0 Å². The Morgan fingerprint density at radius 1 is 1.20 bits per heavy atom. The summed E-state index contributed by atoms with van der Waals surface area (Å²) in [6.45, 7) is 4.25. The number of hydrogen-bond acceptors (Lipinski definition) is 1. The molecule has 2 unspecified atom stereocenters. The summed E-state index contributed by atoms with van der Waals surface area (Å²) < 4.78 is 0.521. The van der Waals surface area contributed by atoms with Crippen LogP contribution in [0, 0.1) is 5.41 Å². The van der Waals surface area contributed by atoms with Crippen molar-refractivity contribution in [2.45, 2.75) is 55.3 Å². The van der Waals surface area contributed by atoms with E-state index in [1.54, 1.807) is 0 Å². The molecular weight excluding hydrogens is 299 g/mol. The van der Waals surface area contributed by atoms with Crippen molar-refractivity contribution in [3.05, 3.63) is 12.2 Å². The zero-order valence-electron chi connectivity index (χ0n) is 9.23. The van der Waals surface area contributed by atoms with E-state index in [4.69, 9.17) is 0 Å². The molecule has 0 aliphatic heterocycles. The molecule has 2 saturated carbocycles. The van der Waals surface area contributed by atoms with Crippen molar-refractivity contribution in [3.63, 3.8) is 0 Å². The quantitative estimate of drug-likeness (QED) is 0.374. The summed E-state index contributed by atoms with van der Waals surface area (Å²) in [5, 5.41) is 0. The zero-order valence-corrected chi connectivity index (χ0v) is 11.4. The normalized spacial score (nSPS) is 38.1. The van der Waals surface area contributed by atoms with E-state index in [0.29, 0.717) is 9.71 Å². The zero-order chi connectivity index (χ0) is 10.9.